The van der Waals surface area contributed by atoms with E-state index in [0.29, 0.717) is 42.8 Å². The van der Waals surface area contributed by atoms with Gasteiger partial charge in [0.25, 0.3) is 5.91 Å². The van der Waals surface area contributed by atoms with Gasteiger partial charge in [-0.25, -0.2) is 24.3 Å². The van der Waals surface area contributed by atoms with Gasteiger partial charge in [-0.15, -0.1) is 0 Å². The zero-order chi connectivity index (χ0) is 68.4. The van der Waals surface area contributed by atoms with Crippen molar-refractivity contribution in [3.63, 3.8) is 0 Å². The van der Waals surface area contributed by atoms with E-state index in [1.807, 2.05) is 120 Å². The zero-order valence-corrected chi connectivity index (χ0v) is 54.3. The van der Waals surface area contributed by atoms with E-state index in [-0.39, 0.29) is 53.2 Å². The van der Waals surface area contributed by atoms with Crippen molar-refractivity contribution >= 4 is 34.3 Å². The molecular formula is C77H67F2N13O7. The maximum Gasteiger partial charge on any atom is 0.299 e. The van der Waals surface area contributed by atoms with E-state index in [1.165, 1.54) is 37.5 Å². The number of halogens is 2. The number of nitrogens with zero attached hydrogens (tertiary/aromatic N) is 13. The van der Waals surface area contributed by atoms with Crippen LogP contribution in [0.25, 0.3) is 50.3 Å². The molecule has 0 N–H and O–H groups in total. The Bertz CT molecular complexity index is 4990. The van der Waals surface area contributed by atoms with E-state index in [4.69, 9.17) is 33.9 Å². The summed E-state index contributed by atoms with van der Waals surface area (Å²) in [5.41, 5.74) is 7.48. The van der Waals surface area contributed by atoms with Crippen LogP contribution in [0.2, 0.25) is 0 Å². The van der Waals surface area contributed by atoms with Gasteiger partial charge in [0.05, 0.1) is 77.5 Å². The molecule has 3 saturated heterocycles. The van der Waals surface area contributed by atoms with Crippen LogP contribution in [0, 0.1) is 23.5 Å². The average Bonchev–Trinajstić information content (AvgIpc) is 1.63. The number of ether oxygens (including phenoxy) is 4. The molecule has 10 heterocycles. The molecule has 3 amide bonds. The van der Waals surface area contributed by atoms with Crippen molar-refractivity contribution < 1.29 is 42.1 Å². The van der Waals surface area contributed by atoms with Crippen LogP contribution in [0.5, 0.6) is 40.4 Å². The molecule has 3 atom stereocenters. The first kappa shape index (κ1) is 65.3. The van der Waals surface area contributed by atoms with Crippen LogP contribution in [-0.2, 0) is 14.4 Å². The largest absolute Gasteiger partial charge is 0.494 e. The smallest absolute Gasteiger partial charge is 0.299 e. The molecule has 5 aromatic carbocycles. The maximum absolute atomic E-state index is 14.5. The number of amides is 3. The minimum absolute atomic E-state index is 0.0704. The predicted molar refractivity (Wildman–Crippen MR) is 369 cm³/mol. The first-order valence-corrected chi connectivity index (χ1v) is 32.4. The van der Waals surface area contributed by atoms with Crippen molar-refractivity contribution in [2.75, 3.05) is 26.7 Å². The van der Waals surface area contributed by atoms with Gasteiger partial charge < -0.3 is 33.6 Å². The lowest BCUT2D eigenvalue weighted by Crippen LogP contribution is -2.38. The van der Waals surface area contributed by atoms with Gasteiger partial charge in [0.15, 0.2) is 11.5 Å². The topological polar surface area (TPSA) is 201 Å². The molecule has 3 fully saturated rings. The van der Waals surface area contributed by atoms with E-state index in [2.05, 4.69) is 44.9 Å². The third-order valence-corrected chi connectivity index (χ3v) is 17.4. The lowest BCUT2D eigenvalue weighted by molar-refractivity contribution is -0.130. The molecule has 3 aliphatic rings. The highest BCUT2D eigenvalue weighted by molar-refractivity contribution is 5.94. The van der Waals surface area contributed by atoms with Crippen LogP contribution in [0.3, 0.4) is 0 Å². The molecule has 0 bridgehead atoms. The Morgan fingerprint density at radius 2 is 0.980 bits per heavy atom. The first-order chi connectivity index (χ1) is 48.5. The first-order valence-electron chi connectivity index (χ1n) is 32.4. The summed E-state index contributed by atoms with van der Waals surface area (Å²) in [6.45, 7) is 11.0. The zero-order valence-electron chi connectivity index (χ0n) is 54.3. The Morgan fingerprint density at radius 3 is 1.51 bits per heavy atom. The second-order valence-electron chi connectivity index (χ2n) is 23.4. The molecule has 0 spiro atoms. The normalized spacial score (nSPS) is 15.6. The molecule has 496 valence electrons. The van der Waals surface area contributed by atoms with E-state index in [1.54, 1.807) is 91.6 Å². The fourth-order valence-corrected chi connectivity index (χ4v) is 12.8. The van der Waals surface area contributed by atoms with Crippen molar-refractivity contribution in [3.05, 3.63) is 250 Å². The fraction of sp³-hybridized carbons (Fsp3) is 0.195. The Labute approximate surface area is 569 Å². The Morgan fingerprint density at radius 1 is 0.505 bits per heavy atom. The average molecular weight is 1320 g/mol. The minimum Gasteiger partial charge on any atom is -0.494 e. The van der Waals surface area contributed by atoms with Crippen LogP contribution in [0.4, 0.5) is 8.78 Å². The van der Waals surface area contributed by atoms with Gasteiger partial charge in [0, 0.05) is 91.8 Å². The quantitative estimate of drug-likeness (QED) is 0.0693. The van der Waals surface area contributed by atoms with Crippen LogP contribution >= 0.6 is 0 Å². The summed E-state index contributed by atoms with van der Waals surface area (Å²) in [6.07, 6.45) is 26.9. The van der Waals surface area contributed by atoms with Crippen molar-refractivity contribution in [2.45, 2.75) is 70.0 Å². The van der Waals surface area contributed by atoms with E-state index in [0.717, 1.165) is 118 Å². The molecule has 0 saturated carbocycles. The number of pyridine rings is 1. The highest BCUT2D eigenvalue weighted by Gasteiger charge is 2.36. The summed E-state index contributed by atoms with van der Waals surface area (Å²) >= 11 is 0. The number of rotatable bonds is 15. The second kappa shape index (κ2) is 29.7. The van der Waals surface area contributed by atoms with Crippen molar-refractivity contribution in [2.24, 2.45) is 0 Å². The Balaban J connectivity index is 0.000000134. The number of para-hydroxylation sites is 1. The number of hydrogen-bond donors (Lipinski definition) is 0. The summed E-state index contributed by atoms with van der Waals surface area (Å²) in [5.74, 6) is 9.49. The molecule has 15 rings (SSSR count). The van der Waals surface area contributed by atoms with E-state index < -0.39 is 5.82 Å². The Kier molecular flexibility index (Phi) is 19.6. The van der Waals surface area contributed by atoms with Gasteiger partial charge in [0.1, 0.15) is 46.3 Å². The van der Waals surface area contributed by atoms with Crippen LogP contribution in [0.1, 0.15) is 87.5 Å². The molecule has 3 aliphatic heterocycles. The van der Waals surface area contributed by atoms with Crippen LogP contribution in [-0.4, -0.2) is 107 Å². The van der Waals surface area contributed by atoms with Gasteiger partial charge >= 0.3 is 0 Å². The van der Waals surface area contributed by atoms with Gasteiger partial charge in [-0.3, -0.25) is 42.5 Å². The monoisotopic (exact) mass is 1320 g/mol. The van der Waals surface area contributed by atoms with E-state index in [9.17, 15) is 23.2 Å². The number of imidazole rings is 3. The molecule has 99 heavy (non-hydrogen) atoms. The highest BCUT2D eigenvalue weighted by Crippen LogP contribution is 2.40. The highest BCUT2D eigenvalue weighted by atomic mass is 19.1. The number of methoxy groups -OCH3 is 1. The molecular weight excluding hydrogens is 1260 g/mol. The summed E-state index contributed by atoms with van der Waals surface area (Å²) in [6, 6.07) is 38.5. The number of carbonyl (C=O) groups is 3. The lowest BCUT2D eigenvalue weighted by atomic mass is 10.0. The third kappa shape index (κ3) is 14.0. The fourth-order valence-electron chi connectivity index (χ4n) is 12.8. The molecule has 0 unspecified atom stereocenters. The van der Waals surface area contributed by atoms with Crippen molar-refractivity contribution in [1.82, 2.24) is 62.8 Å². The molecule has 0 radical (unpaired) electrons. The van der Waals surface area contributed by atoms with Gasteiger partial charge in [-0.1, -0.05) is 49.4 Å². The number of carbonyl (C=O) groups excluding carboxylic acids is 3. The summed E-state index contributed by atoms with van der Waals surface area (Å²) in [4.78, 5) is 75.0. The van der Waals surface area contributed by atoms with E-state index >= 15 is 0 Å². The third-order valence-electron chi connectivity index (χ3n) is 17.4. The Hall–Kier alpha value is -12.4. The number of benzene rings is 5. The van der Waals surface area contributed by atoms with Crippen LogP contribution < -0.4 is 18.9 Å². The molecule has 0 aliphatic carbocycles. The number of fused-ring (bicyclic) bond motifs is 3. The summed E-state index contributed by atoms with van der Waals surface area (Å²) in [5, 5.41) is 0. The second-order valence-corrected chi connectivity index (χ2v) is 23.4. The number of aromatic nitrogens is 10. The SMILES string of the molecule is C=CC(=O)N1CCCC[C@H]1c1nc(-c2ccc(Oc3cccc(OC)c3F)cc2)c2cnccn12.C=CC(=O)N1CCC[C@H]1c1nc(-c2ccc(Oc3ccccc3)nc2)c2cnccn12.CC#CC(=O)N1CCC[C@H]1c1nc(-c2ccc(Oc3cccc(F)c3)cc2)c2cnccn12. The minimum atomic E-state index is -0.555. The number of hydrogen-bond acceptors (Lipinski definition) is 14. The van der Waals surface area contributed by atoms with Crippen LogP contribution in [0.15, 0.2) is 221 Å². The molecule has 7 aromatic heterocycles. The summed E-state index contributed by atoms with van der Waals surface area (Å²) in [7, 11) is 1.41. The van der Waals surface area contributed by atoms with Gasteiger partial charge in [0.2, 0.25) is 23.5 Å². The molecule has 12 aromatic rings. The number of likely N-dealkylation sites (tertiary alicyclic amines) is 3. The summed E-state index contributed by atoms with van der Waals surface area (Å²) < 4.78 is 56.2. The van der Waals surface area contributed by atoms with Crippen molar-refractivity contribution in [1.29, 1.82) is 0 Å². The maximum atomic E-state index is 14.5. The van der Waals surface area contributed by atoms with Gasteiger partial charge in [-0.05, 0) is 161 Å². The molecule has 22 heteroatoms. The standard InChI is InChI=1S/C27H25FN4O3.C26H21FN4O2.C24H21N5O2/c1-3-24(33)31-15-5-4-7-20(31)27-30-26(21-17-29-14-16-32(21)27)18-10-12-19(13-11-18)35-23-9-6-8-22(34-2)25(23)28;1-2-5-24(32)30-14-4-8-22(30)26-29-25(23-17-28-13-15-31(23)26)18-9-11-20(12-10-18)33-21-7-3-6-19(27)16-21;1-2-22(30)28-13-6-9-19(28)24-27-23(20-16-25-12-14-29(20)24)17-10-11-21(26-15-17)31-18-7-4-3-5-8-18/h3,6,8-14,16-17,20H,1,4-5,7,15H2,2H3;3,6-7,9-13,15-17,22H,4,8,14H2,1H3;2-5,7-8,10-12,14-16,19H,1,6,9,13H2/t20-;22-;19-/m000/s1. The lowest BCUT2D eigenvalue weighted by Gasteiger charge is -2.34. The number of piperidine rings is 1. The van der Waals surface area contributed by atoms with Crippen molar-refractivity contribution in [3.8, 4) is 86.0 Å². The van der Waals surface area contributed by atoms with Gasteiger partial charge in [-0.2, -0.15) is 4.39 Å². The molecule has 20 nitrogen and oxygen atoms in total. The predicted octanol–water partition coefficient (Wildman–Crippen LogP) is 15.0.